The summed E-state index contributed by atoms with van der Waals surface area (Å²) < 4.78 is 15.3. The number of carbonyl (C=O) groups excluding carboxylic acids is 1. The molecule has 1 fully saturated rings. The molecular formula is C10H18O4. The highest BCUT2D eigenvalue weighted by Crippen LogP contribution is 2.22. The Kier molecular flexibility index (Phi) is 4.90. The minimum Gasteiger partial charge on any atom is -0.460 e. The molecule has 0 aromatic carbocycles. The molecule has 0 spiro atoms. The smallest absolute Gasteiger partial charge is 0.308 e. The van der Waals surface area contributed by atoms with Crippen molar-refractivity contribution in [3.63, 3.8) is 0 Å². The van der Waals surface area contributed by atoms with Gasteiger partial charge in [-0.05, 0) is 12.8 Å². The summed E-state index contributed by atoms with van der Waals surface area (Å²) in [6.07, 6.45) is 3.22. The van der Waals surface area contributed by atoms with Crippen molar-refractivity contribution in [3.05, 3.63) is 0 Å². The van der Waals surface area contributed by atoms with Gasteiger partial charge < -0.3 is 14.2 Å². The number of carbonyl (C=O) groups is 1. The van der Waals surface area contributed by atoms with Crippen LogP contribution in [-0.2, 0) is 19.0 Å². The third kappa shape index (κ3) is 3.27. The highest BCUT2D eigenvalue weighted by atomic mass is 16.7. The third-order valence-electron chi connectivity index (χ3n) is 2.31. The van der Waals surface area contributed by atoms with Crippen LogP contribution in [0.4, 0.5) is 0 Å². The van der Waals surface area contributed by atoms with E-state index >= 15 is 0 Å². The molecule has 0 N–H and O–H groups in total. The van der Waals surface area contributed by atoms with Gasteiger partial charge in [0.05, 0.1) is 6.42 Å². The Bertz CT molecular complexity index is 163. The van der Waals surface area contributed by atoms with Crippen LogP contribution in [0.1, 0.15) is 32.6 Å². The summed E-state index contributed by atoms with van der Waals surface area (Å²) in [5, 5.41) is 0. The molecule has 1 heterocycles. The lowest BCUT2D eigenvalue weighted by Gasteiger charge is -2.16. The number of ether oxygens (including phenoxy) is 3. The summed E-state index contributed by atoms with van der Waals surface area (Å²) >= 11 is 0. The first-order valence-corrected chi connectivity index (χ1v) is 5.08. The van der Waals surface area contributed by atoms with Crippen molar-refractivity contribution < 1.29 is 19.0 Å². The molecule has 0 saturated carbocycles. The number of hydrogen-bond acceptors (Lipinski definition) is 4. The van der Waals surface area contributed by atoms with E-state index in [0.29, 0.717) is 6.42 Å². The van der Waals surface area contributed by atoms with Crippen LogP contribution in [0.5, 0.6) is 0 Å². The summed E-state index contributed by atoms with van der Waals surface area (Å²) in [5.74, 6) is -0.160. The van der Waals surface area contributed by atoms with E-state index in [-0.39, 0.29) is 25.0 Å². The molecule has 82 valence electrons. The summed E-state index contributed by atoms with van der Waals surface area (Å²) in [5.41, 5.74) is 0. The highest BCUT2D eigenvalue weighted by molar-refractivity contribution is 5.72. The van der Waals surface area contributed by atoms with Gasteiger partial charge in [0.15, 0.2) is 0 Å². The number of methoxy groups -OCH3 is 1. The van der Waals surface area contributed by atoms with Gasteiger partial charge in [-0.1, -0.05) is 13.3 Å². The fourth-order valence-corrected chi connectivity index (χ4v) is 1.56. The zero-order valence-corrected chi connectivity index (χ0v) is 8.82. The molecule has 0 aromatic rings. The number of rotatable bonds is 6. The van der Waals surface area contributed by atoms with Crippen molar-refractivity contribution in [1.82, 2.24) is 0 Å². The van der Waals surface area contributed by atoms with Gasteiger partial charge in [-0.3, -0.25) is 4.79 Å². The molecule has 2 atom stereocenters. The first kappa shape index (κ1) is 11.5. The lowest BCUT2D eigenvalue weighted by molar-refractivity contribution is -0.143. The Morgan fingerprint density at radius 2 is 2.36 bits per heavy atom. The molecule has 1 saturated heterocycles. The molecule has 4 heteroatoms. The van der Waals surface area contributed by atoms with E-state index < -0.39 is 0 Å². The standard InChI is InChI=1S/C10H18O4/c1-3-4-5-8-9(13-7-12-2)6-10(11)14-8/h8-9H,3-7H2,1-2H3/t8-,9+/m0/s1. The molecule has 0 bridgehead atoms. The van der Waals surface area contributed by atoms with Crippen molar-refractivity contribution in [1.29, 1.82) is 0 Å². The fraction of sp³-hybridized carbons (Fsp3) is 0.900. The lowest BCUT2D eigenvalue weighted by atomic mass is 10.1. The molecule has 4 nitrogen and oxygen atoms in total. The largest absolute Gasteiger partial charge is 0.460 e. The van der Waals surface area contributed by atoms with Crippen molar-refractivity contribution in [2.24, 2.45) is 0 Å². The second kappa shape index (κ2) is 5.98. The monoisotopic (exact) mass is 202 g/mol. The molecular weight excluding hydrogens is 184 g/mol. The van der Waals surface area contributed by atoms with Crippen LogP contribution in [0.3, 0.4) is 0 Å². The van der Waals surface area contributed by atoms with Crippen LogP contribution < -0.4 is 0 Å². The molecule has 1 aliphatic heterocycles. The van der Waals surface area contributed by atoms with E-state index in [0.717, 1.165) is 19.3 Å². The Balaban J connectivity index is 2.33. The third-order valence-corrected chi connectivity index (χ3v) is 2.31. The van der Waals surface area contributed by atoms with E-state index in [4.69, 9.17) is 14.2 Å². The lowest BCUT2D eigenvalue weighted by Crippen LogP contribution is -2.25. The minimum atomic E-state index is -0.160. The van der Waals surface area contributed by atoms with Gasteiger partial charge >= 0.3 is 5.97 Å². The maximum Gasteiger partial charge on any atom is 0.308 e. The summed E-state index contributed by atoms with van der Waals surface area (Å²) in [4.78, 5) is 11.0. The quantitative estimate of drug-likeness (QED) is 0.483. The Hall–Kier alpha value is -0.610. The molecule has 0 aromatic heterocycles. The number of unbranched alkanes of at least 4 members (excludes halogenated alkanes) is 1. The molecule has 14 heavy (non-hydrogen) atoms. The zero-order chi connectivity index (χ0) is 10.4. The van der Waals surface area contributed by atoms with Crippen LogP contribution >= 0.6 is 0 Å². The van der Waals surface area contributed by atoms with E-state index in [9.17, 15) is 4.79 Å². The predicted octanol–water partition coefficient (Wildman–Crippen LogP) is 1.48. The van der Waals surface area contributed by atoms with Crippen molar-refractivity contribution in [2.75, 3.05) is 13.9 Å². The zero-order valence-electron chi connectivity index (χ0n) is 8.82. The summed E-state index contributed by atoms with van der Waals surface area (Å²) in [7, 11) is 1.57. The maximum absolute atomic E-state index is 11.0. The van der Waals surface area contributed by atoms with E-state index in [1.807, 2.05) is 0 Å². The number of hydrogen-bond donors (Lipinski definition) is 0. The van der Waals surface area contributed by atoms with Gasteiger partial charge in [0.25, 0.3) is 0 Å². The summed E-state index contributed by atoms with van der Waals surface area (Å²) in [6.45, 7) is 2.34. The van der Waals surface area contributed by atoms with Crippen molar-refractivity contribution in [2.45, 2.75) is 44.8 Å². The molecule has 0 radical (unpaired) electrons. The first-order chi connectivity index (χ1) is 6.77. The highest BCUT2D eigenvalue weighted by Gasteiger charge is 2.34. The second-order valence-electron chi connectivity index (χ2n) is 3.49. The average Bonchev–Trinajstić information content (AvgIpc) is 2.52. The van der Waals surface area contributed by atoms with E-state index in [2.05, 4.69) is 6.92 Å². The van der Waals surface area contributed by atoms with Gasteiger partial charge in [0.2, 0.25) is 0 Å². The molecule has 0 amide bonds. The van der Waals surface area contributed by atoms with Gasteiger partial charge in [0, 0.05) is 7.11 Å². The van der Waals surface area contributed by atoms with Crippen LogP contribution in [0.2, 0.25) is 0 Å². The summed E-state index contributed by atoms with van der Waals surface area (Å²) in [6, 6.07) is 0. The Morgan fingerprint density at radius 3 is 3.00 bits per heavy atom. The van der Waals surface area contributed by atoms with E-state index in [1.54, 1.807) is 7.11 Å². The van der Waals surface area contributed by atoms with Gasteiger partial charge in [-0.25, -0.2) is 0 Å². The molecule has 1 rings (SSSR count). The SMILES string of the molecule is CCCC[C@@H]1OC(=O)C[C@H]1OCOC. The Labute approximate surface area is 84.5 Å². The van der Waals surface area contributed by atoms with Crippen LogP contribution in [0.25, 0.3) is 0 Å². The number of esters is 1. The molecule has 0 aliphatic carbocycles. The van der Waals surface area contributed by atoms with Crippen molar-refractivity contribution >= 4 is 5.97 Å². The van der Waals surface area contributed by atoms with Gasteiger partial charge in [-0.2, -0.15) is 0 Å². The predicted molar refractivity (Wildman–Crippen MR) is 50.8 cm³/mol. The minimum absolute atomic E-state index is 0.0717. The second-order valence-corrected chi connectivity index (χ2v) is 3.49. The molecule has 0 unspecified atom stereocenters. The van der Waals surface area contributed by atoms with Gasteiger partial charge in [0.1, 0.15) is 19.0 Å². The Morgan fingerprint density at radius 1 is 1.57 bits per heavy atom. The fourth-order valence-electron chi connectivity index (χ4n) is 1.56. The maximum atomic E-state index is 11.0. The number of cyclic esters (lactones) is 1. The normalized spacial score (nSPS) is 26.6. The topological polar surface area (TPSA) is 44.8 Å². The van der Waals surface area contributed by atoms with E-state index in [1.165, 1.54) is 0 Å². The van der Waals surface area contributed by atoms with Gasteiger partial charge in [-0.15, -0.1) is 0 Å². The van der Waals surface area contributed by atoms with Crippen molar-refractivity contribution in [3.8, 4) is 0 Å². The first-order valence-electron chi connectivity index (χ1n) is 5.08. The van der Waals surface area contributed by atoms with Crippen LogP contribution in [-0.4, -0.2) is 32.1 Å². The molecule has 1 aliphatic rings. The average molecular weight is 202 g/mol. The van der Waals surface area contributed by atoms with Crippen LogP contribution in [0.15, 0.2) is 0 Å². The van der Waals surface area contributed by atoms with Crippen LogP contribution in [0, 0.1) is 0 Å².